The maximum atomic E-state index is 13.7. The molecule has 92 valence electrons. The minimum Gasteiger partial charge on any atom is -0.477 e. The highest BCUT2D eigenvalue weighted by molar-refractivity contribution is 5.90. The van der Waals surface area contributed by atoms with Crippen LogP contribution in [0.4, 0.5) is 4.39 Å². The summed E-state index contributed by atoms with van der Waals surface area (Å²) in [6.45, 7) is 1.58. The highest BCUT2D eigenvalue weighted by Crippen LogP contribution is 2.26. The standard InChI is InChI=1S/C12H9FN2O3/c1-7-3-2-4-9(10(7)13)18-11-8(12(16)17)5-6-14-15-11/h2-6H,1H3,(H,16,17). The van der Waals surface area contributed by atoms with E-state index in [9.17, 15) is 9.18 Å². The van der Waals surface area contributed by atoms with Gasteiger partial charge in [-0.2, -0.15) is 5.10 Å². The van der Waals surface area contributed by atoms with Gasteiger partial charge >= 0.3 is 5.97 Å². The van der Waals surface area contributed by atoms with E-state index < -0.39 is 11.8 Å². The number of ether oxygens (including phenoxy) is 1. The van der Waals surface area contributed by atoms with Gasteiger partial charge in [0, 0.05) is 0 Å². The summed E-state index contributed by atoms with van der Waals surface area (Å²) in [5, 5.41) is 16.0. The zero-order valence-corrected chi connectivity index (χ0v) is 9.42. The molecule has 0 aliphatic carbocycles. The number of aromatic carboxylic acids is 1. The van der Waals surface area contributed by atoms with Gasteiger partial charge in [-0.15, -0.1) is 5.10 Å². The smallest absolute Gasteiger partial charge is 0.341 e. The van der Waals surface area contributed by atoms with Gasteiger partial charge in [-0.25, -0.2) is 9.18 Å². The minimum atomic E-state index is -1.21. The number of carbonyl (C=O) groups is 1. The highest BCUT2D eigenvalue weighted by atomic mass is 19.1. The maximum absolute atomic E-state index is 13.7. The number of halogens is 1. The summed E-state index contributed by atoms with van der Waals surface area (Å²) in [5.74, 6) is -2.10. The number of nitrogens with zero attached hydrogens (tertiary/aromatic N) is 2. The van der Waals surface area contributed by atoms with Gasteiger partial charge in [0.1, 0.15) is 5.56 Å². The zero-order valence-electron chi connectivity index (χ0n) is 9.42. The zero-order chi connectivity index (χ0) is 13.1. The topological polar surface area (TPSA) is 72.3 Å². The largest absolute Gasteiger partial charge is 0.477 e. The van der Waals surface area contributed by atoms with Crippen molar-refractivity contribution in [2.45, 2.75) is 6.92 Å². The molecule has 0 aliphatic heterocycles. The van der Waals surface area contributed by atoms with E-state index in [1.54, 1.807) is 19.1 Å². The van der Waals surface area contributed by atoms with Crippen molar-refractivity contribution in [3.63, 3.8) is 0 Å². The van der Waals surface area contributed by atoms with E-state index in [1.165, 1.54) is 18.3 Å². The lowest BCUT2D eigenvalue weighted by atomic mass is 10.2. The number of hydrogen-bond donors (Lipinski definition) is 1. The fraction of sp³-hybridized carbons (Fsp3) is 0.0833. The van der Waals surface area contributed by atoms with Crippen LogP contribution in [-0.2, 0) is 0 Å². The fourth-order valence-corrected chi connectivity index (χ4v) is 1.36. The molecule has 1 heterocycles. The van der Waals surface area contributed by atoms with Gasteiger partial charge in [0.05, 0.1) is 6.20 Å². The van der Waals surface area contributed by atoms with Crippen LogP contribution in [0.1, 0.15) is 15.9 Å². The summed E-state index contributed by atoms with van der Waals surface area (Å²) >= 11 is 0. The molecule has 1 aromatic heterocycles. The Labute approximate surface area is 102 Å². The van der Waals surface area contributed by atoms with Crippen LogP contribution in [0.3, 0.4) is 0 Å². The van der Waals surface area contributed by atoms with Crippen molar-refractivity contribution in [1.82, 2.24) is 10.2 Å². The Morgan fingerprint density at radius 1 is 1.39 bits per heavy atom. The number of hydrogen-bond acceptors (Lipinski definition) is 4. The Bertz CT molecular complexity index is 602. The quantitative estimate of drug-likeness (QED) is 0.902. The maximum Gasteiger partial charge on any atom is 0.341 e. The second kappa shape index (κ2) is 4.79. The molecule has 0 spiro atoms. The first kappa shape index (κ1) is 12.0. The molecular formula is C12H9FN2O3. The molecule has 0 atom stereocenters. The molecule has 0 saturated carbocycles. The monoisotopic (exact) mass is 248 g/mol. The Balaban J connectivity index is 2.40. The van der Waals surface area contributed by atoms with E-state index in [4.69, 9.17) is 9.84 Å². The van der Waals surface area contributed by atoms with Crippen LogP contribution >= 0.6 is 0 Å². The molecule has 0 unspecified atom stereocenters. The summed E-state index contributed by atoms with van der Waals surface area (Å²) in [7, 11) is 0. The molecule has 18 heavy (non-hydrogen) atoms. The van der Waals surface area contributed by atoms with Crippen LogP contribution in [-0.4, -0.2) is 21.3 Å². The number of benzene rings is 1. The van der Waals surface area contributed by atoms with E-state index in [1.807, 2.05) is 0 Å². The Morgan fingerprint density at radius 3 is 2.89 bits per heavy atom. The van der Waals surface area contributed by atoms with Crippen LogP contribution < -0.4 is 4.74 Å². The Morgan fingerprint density at radius 2 is 2.17 bits per heavy atom. The van der Waals surface area contributed by atoms with Crippen LogP contribution in [0.15, 0.2) is 30.5 Å². The third-order valence-electron chi connectivity index (χ3n) is 2.28. The van der Waals surface area contributed by atoms with Gasteiger partial charge in [-0.3, -0.25) is 0 Å². The van der Waals surface area contributed by atoms with Gasteiger partial charge in [0.2, 0.25) is 0 Å². The van der Waals surface area contributed by atoms with Crippen molar-refractivity contribution in [2.75, 3.05) is 0 Å². The molecule has 6 heteroatoms. The summed E-state index contributed by atoms with van der Waals surface area (Å²) in [5.41, 5.74) is 0.221. The lowest BCUT2D eigenvalue weighted by Crippen LogP contribution is -2.03. The molecule has 1 N–H and O–H groups in total. The van der Waals surface area contributed by atoms with E-state index in [0.717, 1.165) is 0 Å². The Hall–Kier alpha value is -2.50. The second-order valence-corrected chi connectivity index (χ2v) is 3.54. The molecular weight excluding hydrogens is 239 g/mol. The van der Waals surface area contributed by atoms with Crippen LogP contribution in [0, 0.1) is 12.7 Å². The van der Waals surface area contributed by atoms with Crippen molar-refractivity contribution in [3.05, 3.63) is 47.4 Å². The first-order valence-corrected chi connectivity index (χ1v) is 5.07. The van der Waals surface area contributed by atoms with Gasteiger partial charge in [-0.05, 0) is 24.6 Å². The Kier molecular flexibility index (Phi) is 3.18. The third-order valence-corrected chi connectivity index (χ3v) is 2.28. The number of aryl methyl sites for hydroxylation is 1. The average molecular weight is 248 g/mol. The van der Waals surface area contributed by atoms with Gasteiger partial charge < -0.3 is 9.84 Å². The summed E-state index contributed by atoms with van der Waals surface area (Å²) < 4.78 is 18.9. The van der Waals surface area contributed by atoms with Crippen molar-refractivity contribution in [3.8, 4) is 11.6 Å². The molecule has 1 aromatic carbocycles. The van der Waals surface area contributed by atoms with Crippen molar-refractivity contribution < 1.29 is 19.0 Å². The summed E-state index contributed by atoms with van der Waals surface area (Å²) in [6.07, 6.45) is 1.23. The van der Waals surface area contributed by atoms with E-state index >= 15 is 0 Å². The normalized spacial score (nSPS) is 10.1. The molecule has 2 aromatic rings. The predicted octanol–water partition coefficient (Wildman–Crippen LogP) is 2.41. The number of aromatic nitrogens is 2. The van der Waals surface area contributed by atoms with E-state index in [0.29, 0.717) is 5.56 Å². The van der Waals surface area contributed by atoms with Crippen LogP contribution in [0.25, 0.3) is 0 Å². The van der Waals surface area contributed by atoms with Crippen molar-refractivity contribution >= 4 is 5.97 Å². The number of carboxylic acids is 1. The highest BCUT2D eigenvalue weighted by Gasteiger charge is 2.15. The number of rotatable bonds is 3. The van der Waals surface area contributed by atoms with E-state index in [2.05, 4.69) is 10.2 Å². The first-order chi connectivity index (χ1) is 8.59. The van der Waals surface area contributed by atoms with Crippen LogP contribution in [0.2, 0.25) is 0 Å². The fourth-order valence-electron chi connectivity index (χ4n) is 1.36. The van der Waals surface area contributed by atoms with Crippen molar-refractivity contribution in [2.24, 2.45) is 0 Å². The predicted molar refractivity (Wildman–Crippen MR) is 60.2 cm³/mol. The average Bonchev–Trinajstić information content (AvgIpc) is 2.35. The lowest BCUT2D eigenvalue weighted by Gasteiger charge is -2.08. The van der Waals surface area contributed by atoms with E-state index in [-0.39, 0.29) is 17.2 Å². The molecule has 2 rings (SSSR count). The van der Waals surface area contributed by atoms with Gasteiger partial charge in [0.15, 0.2) is 11.6 Å². The molecule has 0 saturated heterocycles. The molecule has 5 nitrogen and oxygen atoms in total. The third kappa shape index (κ3) is 2.27. The first-order valence-electron chi connectivity index (χ1n) is 5.07. The van der Waals surface area contributed by atoms with Gasteiger partial charge in [0.25, 0.3) is 5.88 Å². The molecule has 0 amide bonds. The van der Waals surface area contributed by atoms with Crippen molar-refractivity contribution in [1.29, 1.82) is 0 Å². The molecule has 0 bridgehead atoms. The molecule has 0 aliphatic rings. The summed E-state index contributed by atoms with van der Waals surface area (Å²) in [4.78, 5) is 10.9. The SMILES string of the molecule is Cc1cccc(Oc2nnccc2C(=O)O)c1F. The lowest BCUT2D eigenvalue weighted by molar-refractivity contribution is 0.0693. The van der Waals surface area contributed by atoms with Gasteiger partial charge in [-0.1, -0.05) is 12.1 Å². The molecule has 0 radical (unpaired) electrons. The minimum absolute atomic E-state index is 0.0852. The summed E-state index contributed by atoms with van der Waals surface area (Å²) in [6, 6.07) is 5.81. The second-order valence-electron chi connectivity index (χ2n) is 3.54. The van der Waals surface area contributed by atoms with Crippen LogP contribution in [0.5, 0.6) is 11.6 Å². The number of carboxylic acid groups (broad SMARTS) is 1. The molecule has 0 fully saturated rings.